The molecule has 3 nitrogen and oxygen atoms in total. The van der Waals surface area contributed by atoms with E-state index in [4.69, 9.17) is 0 Å². The zero-order valence-corrected chi connectivity index (χ0v) is 7.91. The monoisotopic (exact) mass is 179 g/mol. The van der Waals surface area contributed by atoms with Gasteiger partial charge in [-0.3, -0.25) is 4.79 Å². The Hall–Kier alpha value is -1.51. The molecule has 0 N–H and O–H groups in total. The van der Waals surface area contributed by atoms with Crippen molar-refractivity contribution in [3.63, 3.8) is 0 Å². The quantitative estimate of drug-likeness (QED) is 0.601. The fraction of sp³-hybridized carbons (Fsp3) is 0.300. The van der Waals surface area contributed by atoms with Gasteiger partial charge in [0.2, 0.25) is 0 Å². The maximum Gasteiger partial charge on any atom is 0.325 e. The van der Waals surface area contributed by atoms with Crippen LogP contribution in [0.5, 0.6) is 0 Å². The van der Waals surface area contributed by atoms with Crippen LogP contribution in [0, 0.1) is 0 Å². The van der Waals surface area contributed by atoms with Crippen LogP contribution in [0.15, 0.2) is 36.2 Å². The molecule has 1 aliphatic rings. The topological polar surface area (TPSA) is 29.5 Å². The summed E-state index contributed by atoms with van der Waals surface area (Å²) in [6, 6.07) is 0. The van der Waals surface area contributed by atoms with Crippen molar-refractivity contribution < 1.29 is 9.53 Å². The van der Waals surface area contributed by atoms with Crippen molar-refractivity contribution in [3.05, 3.63) is 36.2 Å². The van der Waals surface area contributed by atoms with Crippen LogP contribution in [-0.2, 0) is 9.53 Å². The maximum atomic E-state index is 11.0. The van der Waals surface area contributed by atoms with Gasteiger partial charge in [0.15, 0.2) is 0 Å². The van der Waals surface area contributed by atoms with Gasteiger partial charge in [-0.25, -0.2) is 0 Å². The smallest absolute Gasteiger partial charge is 0.325 e. The molecule has 1 rings (SSSR count). The summed E-state index contributed by atoms with van der Waals surface area (Å²) in [5.74, 6) is -0.263. The molecule has 0 fully saturated rings. The Kier molecular flexibility index (Phi) is 2.90. The van der Waals surface area contributed by atoms with Crippen molar-refractivity contribution >= 4 is 5.97 Å². The number of esters is 1. The van der Waals surface area contributed by atoms with Gasteiger partial charge in [-0.1, -0.05) is 12.7 Å². The summed E-state index contributed by atoms with van der Waals surface area (Å²) >= 11 is 0. The van der Waals surface area contributed by atoms with Crippen molar-refractivity contribution in [3.8, 4) is 0 Å². The lowest BCUT2D eigenvalue weighted by molar-refractivity contribution is -0.140. The molecule has 0 aliphatic carbocycles. The molecule has 1 aliphatic heterocycles. The van der Waals surface area contributed by atoms with Gasteiger partial charge in [0.1, 0.15) is 6.54 Å². The van der Waals surface area contributed by atoms with Crippen molar-refractivity contribution in [2.45, 2.75) is 6.92 Å². The van der Waals surface area contributed by atoms with Gasteiger partial charge >= 0.3 is 5.97 Å². The van der Waals surface area contributed by atoms with Gasteiger partial charge in [-0.05, 0) is 18.6 Å². The molecule has 0 radical (unpaired) electrons. The third-order valence-corrected chi connectivity index (χ3v) is 1.79. The summed E-state index contributed by atoms with van der Waals surface area (Å²) < 4.78 is 4.56. The lowest BCUT2D eigenvalue weighted by Gasteiger charge is -2.22. The average molecular weight is 179 g/mol. The number of carbonyl (C=O) groups is 1. The van der Waals surface area contributed by atoms with Crippen molar-refractivity contribution in [2.24, 2.45) is 0 Å². The van der Waals surface area contributed by atoms with Crippen molar-refractivity contribution in [2.75, 3.05) is 13.7 Å². The van der Waals surface area contributed by atoms with Gasteiger partial charge in [0.05, 0.1) is 7.11 Å². The summed E-state index contributed by atoms with van der Waals surface area (Å²) in [5, 5.41) is 0. The van der Waals surface area contributed by atoms with E-state index in [0.29, 0.717) is 0 Å². The number of ether oxygens (including phenoxy) is 1. The van der Waals surface area contributed by atoms with Crippen molar-refractivity contribution in [1.29, 1.82) is 0 Å². The molecule has 0 unspecified atom stereocenters. The molecule has 1 heterocycles. The highest BCUT2D eigenvalue weighted by Crippen LogP contribution is 2.14. The largest absolute Gasteiger partial charge is 0.468 e. The number of methoxy groups -OCH3 is 1. The van der Waals surface area contributed by atoms with Gasteiger partial charge in [-0.15, -0.1) is 0 Å². The molecule has 0 atom stereocenters. The number of hydrogen-bond acceptors (Lipinski definition) is 3. The van der Waals surface area contributed by atoms with Crippen LogP contribution in [0.3, 0.4) is 0 Å². The molecule has 13 heavy (non-hydrogen) atoms. The van der Waals surface area contributed by atoms with Gasteiger partial charge < -0.3 is 9.64 Å². The Bertz CT molecular complexity index is 289. The standard InChI is InChI=1S/C10H13NO2/c1-8-4-5-9(2)11(6-8)7-10(12)13-3/h4-6H,2,7H2,1,3H3. The van der Waals surface area contributed by atoms with Crippen LogP contribution >= 0.6 is 0 Å². The second kappa shape index (κ2) is 3.94. The van der Waals surface area contributed by atoms with E-state index in [0.717, 1.165) is 11.3 Å². The minimum atomic E-state index is -0.263. The molecular weight excluding hydrogens is 166 g/mol. The van der Waals surface area contributed by atoms with Crippen molar-refractivity contribution in [1.82, 2.24) is 4.90 Å². The number of carbonyl (C=O) groups excluding carboxylic acids is 1. The minimum absolute atomic E-state index is 0.219. The summed E-state index contributed by atoms with van der Waals surface area (Å²) in [6.45, 7) is 5.99. The van der Waals surface area contributed by atoms with E-state index < -0.39 is 0 Å². The Labute approximate surface area is 78.0 Å². The van der Waals surface area contributed by atoms with E-state index in [2.05, 4.69) is 11.3 Å². The van der Waals surface area contributed by atoms with Crippen LogP contribution in [0.1, 0.15) is 6.92 Å². The highest BCUT2D eigenvalue weighted by atomic mass is 16.5. The molecule has 70 valence electrons. The molecule has 0 spiro atoms. The zero-order chi connectivity index (χ0) is 9.84. The first-order valence-electron chi connectivity index (χ1n) is 4.02. The van der Waals surface area contributed by atoms with Gasteiger partial charge in [0, 0.05) is 11.9 Å². The molecule has 3 heteroatoms. The van der Waals surface area contributed by atoms with Crippen LogP contribution in [0.25, 0.3) is 0 Å². The maximum absolute atomic E-state index is 11.0. The molecule has 0 bridgehead atoms. The predicted octanol–water partition coefficient (Wildman–Crippen LogP) is 1.45. The van der Waals surface area contributed by atoms with Gasteiger partial charge in [-0.2, -0.15) is 0 Å². The summed E-state index contributed by atoms with van der Waals surface area (Å²) in [4.78, 5) is 12.7. The minimum Gasteiger partial charge on any atom is -0.468 e. The third kappa shape index (κ3) is 2.47. The first-order valence-corrected chi connectivity index (χ1v) is 4.02. The highest BCUT2D eigenvalue weighted by Gasteiger charge is 2.11. The first kappa shape index (κ1) is 9.58. The Morgan fingerprint density at radius 1 is 1.62 bits per heavy atom. The van der Waals surface area contributed by atoms with E-state index in [1.54, 1.807) is 4.90 Å². The van der Waals surface area contributed by atoms with E-state index in [-0.39, 0.29) is 12.5 Å². The van der Waals surface area contributed by atoms with E-state index >= 15 is 0 Å². The third-order valence-electron chi connectivity index (χ3n) is 1.79. The second-order valence-electron chi connectivity index (χ2n) is 2.90. The summed E-state index contributed by atoms with van der Waals surface area (Å²) in [5.41, 5.74) is 1.90. The van der Waals surface area contributed by atoms with Gasteiger partial charge in [0.25, 0.3) is 0 Å². The first-order chi connectivity index (χ1) is 6.13. The summed E-state index contributed by atoms with van der Waals surface area (Å²) in [6.07, 6.45) is 5.70. The second-order valence-corrected chi connectivity index (χ2v) is 2.90. The molecule has 0 saturated heterocycles. The Morgan fingerprint density at radius 2 is 2.31 bits per heavy atom. The molecule has 0 amide bonds. The Morgan fingerprint density at radius 3 is 2.92 bits per heavy atom. The normalized spacial score (nSPS) is 15.7. The van der Waals surface area contributed by atoms with E-state index in [1.165, 1.54) is 7.11 Å². The van der Waals surface area contributed by atoms with Crippen LogP contribution in [0.2, 0.25) is 0 Å². The fourth-order valence-electron chi connectivity index (χ4n) is 1.05. The molecule has 0 aromatic heterocycles. The number of nitrogens with zero attached hydrogens (tertiary/aromatic N) is 1. The zero-order valence-electron chi connectivity index (χ0n) is 7.91. The molecule has 0 aromatic carbocycles. The lowest BCUT2D eigenvalue weighted by Crippen LogP contribution is -2.25. The average Bonchev–Trinajstić information content (AvgIpc) is 2.11. The van der Waals surface area contributed by atoms with Crippen LogP contribution in [0.4, 0.5) is 0 Å². The highest BCUT2D eigenvalue weighted by molar-refractivity contribution is 5.72. The molecular formula is C10H13NO2. The van der Waals surface area contributed by atoms with Crippen LogP contribution in [-0.4, -0.2) is 24.5 Å². The fourth-order valence-corrected chi connectivity index (χ4v) is 1.05. The number of rotatable bonds is 2. The SMILES string of the molecule is C=C1C=CC(C)=CN1CC(=O)OC. The lowest BCUT2D eigenvalue weighted by atomic mass is 10.2. The summed E-state index contributed by atoms with van der Waals surface area (Å²) in [7, 11) is 1.38. The molecule has 0 aromatic rings. The molecule has 0 saturated carbocycles. The van der Waals surface area contributed by atoms with E-state index in [9.17, 15) is 4.79 Å². The number of hydrogen-bond donors (Lipinski definition) is 0. The Balaban J connectivity index is 2.65. The van der Waals surface area contributed by atoms with E-state index in [1.807, 2.05) is 25.3 Å². The van der Waals surface area contributed by atoms with Crippen LogP contribution < -0.4 is 0 Å². The predicted molar refractivity (Wildman–Crippen MR) is 50.8 cm³/mol. The number of allylic oxidation sites excluding steroid dienone is 3.